The third kappa shape index (κ3) is 4.85. The van der Waals surface area contributed by atoms with Crippen molar-refractivity contribution >= 4 is 10.0 Å². The van der Waals surface area contributed by atoms with Gasteiger partial charge in [0.05, 0.1) is 5.56 Å². The minimum absolute atomic E-state index is 0.0238. The second-order valence-electron chi connectivity index (χ2n) is 6.45. The highest BCUT2D eigenvalue weighted by Crippen LogP contribution is 2.44. The fraction of sp³-hybridized carbons (Fsp3) is 0.167. The number of nitrogens with two attached hydrogens (primary N) is 1. The number of hydrogen-bond donors (Lipinski definition) is 1. The number of benzene rings is 2. The molecule has 3 aromatic rings. The summed E-state index contributed by atoms with van der Waals surface area (Å²) in [6.07, 6.45) is -10.2. The number of alkyl halides is 6. The molecule has 0 bridgehead atoms. The lowest BCUT2D eigenvalue weighted by atomic mass is 9.98. The van der Waals surface area contributed by atoms with Gasteiger partial charge in [-0.3, -0.25) is 0 Å². The maximum atomic E-state index is 14.3. The summed E-state index contributed by atoms with van der Waals surface area (Å²) in [5.41, 5.74) is -2.14. The van der Waals surface area contributed by atoms with Crippen LogP contribution < -0.4 is 9.88 Å². The third-order valence-electron chi connectivity index (χ3n) is 4.16. The summed E-state index contributed by atoms with van der Waals surface area (Å²) >= 11 is 0. The van der Waals surface area contributed by atoms with Crippen LogP contribution >= 0.6 is 0 Å². The summed E-state index contributed by atoms with van der Waals surface area (Å²) in [5.74, 6) is -3.82. The molecule has 32 heavy (non-hydrogen) atoms. The van der Waals surface area contributed by atoms with Crippen molar-refractivity contribution in [3.8, 4) is 28.1 Å². The smallest absolute Gasteiger partial charge is 0.405 e. The number of aromatic nitrogens is 1. The number of ether oxygens (including phenoxy) is 1. The van der Waals surface area contributed by atoms with Gasteiger partial charge in [-0.1, -0.05) is 23.4 Å². The minimum atomic E-state index is -5.12. The van der Waals surface area contributed by atoms with Gasteiger partial charge < -0.3 is 9.26 Å². The molecule has 0 aliphatic rings. The van der Waals surface area contributed by atoms with Gasteiger partial charge >= 0.3 is 12.5 Å². The normalized spacial score (nSPS) is 12.8. The van der Waals surface area contributed by atoms with Crippen molar-refractivity contribution in [3.05, 3.63) is 53.5 Å². The first kappa shape index (κ1) is 23.5. The van der Waals surface area contributed by atoms with Gasteiger partial charge in [-0.05, 0) is 36.2 Å². The molecule has 3 rings (SSSR count). The first-order chi connectivity index (χ1) is 14.6. The number of aryl methyl sites for hydroxylation is 1. The van der Waals surface area contributed by atoms with E-state index in [-0.39, 0.29) is 11.1 Å². The molecule has 0 saturated heterocycles. The topological polar surface area (TPSA) is 95.4 Å². The Morgan fingerprint density at radius 1 is 1.00 bits per heavy atom. The van der Waals surface area contributed by atoms with Crippen LogP contribution in [0.5, 0.6) is 5.75 Å². The first-order valence-corrected chi connectivity index (χ1v) is 9.89. The molecule has 1 aromatic heterocycles. The van der Waals surface area contributed by atoms with Crippen LogP contribution in [0.4, 0.5) is 30.7 Å². The fourth-order valence-electron chi connectivity index (χ4n) is 2.82. The molecule has 6 nitrogen and oxygen atoms in total. The van der Waals surface area contributed by atoms with E-state index < -0.39 is 61.6 Å². The zero-order valence-electron chi connectivity index (χ0n) is 15.7. The Kier molecular flexibility index (Phi) is 5.72. The van der Waals surface area contributed by atoms with Crippen molar-refractivity contribution < 1.29 is 48.4 Å². The SMILES string of the molecule is Cc1ccc(-c2noc(C(F)(F)F)c2-c2ccc(S(N)(=O)=O)c(F)c2)cc1OC(F)(F)F. The number of hydrogen-bond acceptors (Lipinski definition) is 5. The molecule has 2 aromatic carbocycles. The molecule has 0 amide bonds. The van der Waals surface area contributed by atoms with E-state index in [1.165, 1.54) is 6.92 Å². The molecule has 0 saturated carbocycles. The van der Waals surface area contributed by atoms with E-state index >= 15 is 0 Å². The van der Waals surface area contributed by atoms with Crippen LogP contribution in [0.25, 0.3) is 22.4 Å². The van der Waals surface area contributed by atoms with Crippen LogP contribution in [0.15, 0.2) is 45.8 Å². The van der Waals surface area contributed by atoms with Gasteiger partial charge in [0.25, 0.3) is 0 Å². The molecule has 172 valence electrons. The second kappa shape index (κ2) is 7.78. The van der Waals surface area contributed by atoms with Crippen molar-refractivity contribution in [2.45, 2.75) is 24.4 Å². The van der Waals surface area contributed by atoms with Crippen molar-refractivity contribution in [2.24, 2.45) is 5.14 Å². The highest BCUT2D eigenvalue weighted by atomic mass is 32.2. The number of primary sulfonamides is 1. The predicted molar refractivity (Wildman–Crippen MR) is 95.1 cm³/mol. The standard InChI is InChI=1S/C18H11F7N2O4S/c1-8-2-3-10(7-12(8)30-18(23,24)25)15-14(16(31-27-15)17(20,21)22)9-4-5-13(11(19)6-9)32(26,28)29/h2-7H,1H3,(H2,26,28,29). The molecule has 0 atom stereocenters. The molecular formula is C18H11F7N2O4S. The molecule has 0 spiro atoms. The van der Waals surface area contributed by atoms with Crippen LogP contribution in [0, 0.1) is 12.7 Å². The van der Waals surface area contributed by atoms with E-state index in [0.717, 1.165) is 24.3 Å². The lowest BCUT2D eigenvalue weighted by Crippen LogP contribution is -2.17. The average Bonchev–Trinajstić information content (AvgIpc) is 3.06. The molecule has 2 N–H and O–H groups in total. The van der Waals surface area contributed by atoms with Crippen molar-refractivity contribution in [2.75, 3.05) is 0 Å². The van der Waals surface area contributed by atoms with Crippen LogP contribution in [-0.4, -0.2) is 19.9 Å². The number of nitrogens with zero attached hydrogens (tertiary/aromatic N) is 1. The molecule has 0 aliphatic carbocycles. The van der Waals surface area contributed by atoms with Gasteiger partial charge in [0.15, 0.2) is 0 Å². The van der Waals surface area contributed by atoms with E-state index in [1.54, 1.807) is 0 Å². The Bertz CT molecular complexity index is 1280. The highest BCUT2D eigenvalue weighted by molar-refractivity contribution is 7.89. The molecule has 0 fully saturated rings. The van der Waals surface area contributed by atoms with Crippen LogP contribution in [-0.2, 0) is 16.2 Å². The summed E-state index contributed by atoms with van der Waals surface area (Å²) in [7, 11) is -4.51. The van der Waals surface area contributed by atoms with E-state index in [1.807, 2.05) is 0 Å². The van der Waals surface area contributed by atoms with Gasteiger partial charge in [0.2, 0.25) is 15.8 Å². The Balaban J connectivity index is 2.24. The Morgan fingerprint density at radius 2 is 1.62 bits per heavy atom. The molecule has 0 aliphatic heterocycles. The number of rotatable bonds is 4. The van der Waals surface area contributed by atoms with E-state index in [9.17, 15) is 39.2 Å². The zero-order valence-corrected chi connectivity index (χ0v) is 16.5. The quantitative estimate of drug-likeness (QED) is 0.525. The summed E-state index contributed by atoms with van der Waals surface area (Å²) < 4.78 is 124. The molecule has 1 heterocycles. The van der Waals surface area contributed by atoms with Crippen LogP contribution in [0.2, 0.25) is 0 Å². The van der Waals surface area contributed by atoms with Crippen molar-refractivity contribution in [3.63, 3.8) is 0 Å². The van der Waals surface area contributed by atoms with Gasteiger partial charge in [-0.25, -0.2) is 17.9 Å². The van der Waals surface area contributed by atoms with Gasteiger partial charge in [0, 0.05) is 5.56 Å². The summed E-state index contributed by atoms with van der Waals surface area (Å²) in [6, 6.07) is 5.04. The van der Waals surface area contributed by atoms with Crippen LogP contribution in [0.3, 0.4) is 0 Å². The lowest BCUT2D eigenvalue weighted by Gasteiger charge is -2.13. The highest BCUT2D eigenvalue weighted by Gasteiger charge is 2.41. The Labute approximate surface area is 175 Å². The Morgan fingerprint density at radius 3 is 2.16 bits per heavy atom. The van der Waals surface area contributed by atoms with Gasteiger partial charge in [-0.15, -0.1) is 13.2 Å². The summed E-state index contributed by atoms with van der Waals surface area (Å²) in [4.78, 5) is -0.969. The summed E-state index contributed by atoms with van der Waals surface area (Å²) in [5, 5.41) is 8.14. The second-order valence-corrected chi connectivity index (χ2v) is 7.98. The largest absolute Gasteiger partial charge is 0.573 e. The van der Waals surface area contributed by atoms with Gasteiger partial charge in [-0.2, -0.15) is 13.2 Å². The average molecular weight is 484 g/mol. The van der Waals surface area contributed by atoms with E-state index in [2.05, 4.69) is 14.4 Å². The van der Waals surface area contributed by atoms with E-state index in [4.69, 9.17) is 5.14 Å². The number of sulfonamides is 1. The predicted octanol–water partition coefficient (Wildman–Crippen LogP) is 5.02. The minimum Gasteiger partial charge on any atom is -0.405 e. The fourth-order valence-corrected chi connectivity index (χ4v) is 3.41. The first-order valence-electron chi connectivity index (χ1n) is 8.34. The molecule has 14 heteroatoms. The molecule has 0 radical (unpaired) electrons. The molecule has 0 unspecified atom stereocenters. The maximum absolute atomic E-state index is 14.3. The number of halogens is 7. The maximum Gasteiger partial charge on any atom is 0.573 e. The van der Waals surface area contributed by atoms with Crippen LogP contribution in [0.1, 0.15) is 11.3 Å². The van der Waals surface area contributed by atoms with Gasteiger partial charge in [0.1, 0.15) is 22.2 Å². The monoisotopic (exact) mass is 484 g/mol. The Hall–Kier alpha value is -3.13. The molecular weight excluding hydrogens is 473 g/mol. The third-order valence-corrected chi connectivity index (χ3v) is 5.11. The lowest BCUT2D eigenvalue weighted by molar-refractivity contribution is -0.274. The zero-order chi connectivity index (χ0) is 24.1. The summed E-state index contributed by atoms with van der Waals surface area (Å²) in [6.45, 7) is 1.27. The van der Waals surface area contributed by atoms with Crippen molar-refractivity contribution in [1.82, 2.24) is 5.16 Å². The van der Waals surface area contributed by atoms with Crippen molar-refractivity contribution in [1.29, 1.82) is 0 Å². The van der Waals surface area contributed by atoms with E-state index in [0.29, 0.717) is 12.1 Å².